The molecule has 0 radical (unpaired) electrons. The number of benzene rings is 1. The fourth-order valence-corrected chi connectivity index (χ4v) is 8.78. The predicted octanol–water partition coefficient (Wildman–Crippen LogP) is 6.07. The lowest BCUT2D eigenvalue weighted by Crippen LogP contribution is -2.43. The summed E-state index contributed by atoms with van der Waals surface area (Å²) >= 11 is 6.10. The number of aromatic nitrogens is 1. The van der Waals surface area contributed by atoms with Gasteiger partial charge in [-0.2, -0.15) is 0 Å². The van der Waals surface area contributed by atoms with Gasteiger partial charge in [0.1, 0.15) is 11.6 Å². The fourth-order valence-electron chi connectivity index (χ4n) is 8.62. The van der Waals surface area contributed by atoms with Crippen LogP contribution in [0.4, 0.5) is 0 Å². The summed E-state index contributed by atoms with van der Waals surface area (Å²) in [4.78, 5) is 40.2. The molecule has 1 amide bonds. The van der Waals surface area contributed by atoms with Crippen molar-refractivity contribution in [2.75, 3.05) is 19.6 Å². The molecule has 2 aromatic rings. The molecule has 1 spiro atoms. The first-order chi connectivity index (χ1) is 19.3. The van der Waals surface area contributed by atoms with Crippen LogP contribution >= 0.6 is 11.6 Å². The maximum absolute atomic E-state index is 12.6. The molecule has 3 saturated carbocycles. The zero-order valence-electron chi connectivity index (χ0n) is 23.4. The van der Waals surface area contributed by atoms with Crippen molar-refractivity contribution in [1.82, 2.24) is 10.1 Å². The molecule has 8 heteroatoms. The van der Waals surface area contributed by atoms with Gasteiger partial charge in [-0.15, -0.1) is 0 Å². The van der Waals surface area contributed by atoms with Crippen LogP contribution in [0.2, 0.25) is 5.02 Å². The summed E-state index contributed by atoms with van der Waals surface area (Å²) in [5.74, 6) is 1.65. The van der Waals surface area contributed by atoms with E-state index < -0.39 is 5.41 Å². The largest absolute Gasteiger partial charge is 0.369 e. The number of halogens is 1. The lowest BCUT2D eigenvalue weighted by Gasteiger charge is -2.41. The van der Waals surface area contributed by atoms with Gasteiger partial charge >= 0.3 is 0 Å². The summed E-state index contributed by atoms with van der Waals surface area (Å²) in [6, 6.07) is 5.77. The second-order valence-corrected chi connectivity index (χ2v) is 13.5. The predicted molar refractivity (Wildman–Crippen MR) is 154 cm³/mol. The Kier molecular flexibility index (Phi) is 8.06. The van der Waals surface area contributed by atoms with Crippen LogP contribution in [0.1, 0.15) is 95.1 Å². The highest BCUT2D eigenvalue weighted by molar-refractivity contribution is 6.31. The molecule has 1 aromatic carbocycles. The number of primary amides is 1. The quantitative estimate of drug-likeness (QED) is 0.407. The monoisotopic (exact) mass is 567 g/mol. The number of rotatable bonds is 7. The maximum Gasteiger partial charge on any atom is 0.221 e. The van der Waals surface area contributed by atoms with Gasteiger partial charge in [0.25, 0.3) is 0 Å². The Hall–Kier alpha value is -2.25. The molecular weight excluding hydrogens is 526 g/mol. The molecule has 40 heavy (non-hydrogen) atoms. The van der Waals surface area contributed by atoms with Crippen LogP contribution in [0.5, 0.6) is 0 Å². The molecule has 4 aliphatic rings. The summed E-state index contributed by atoms with van der Waals surface area (Å²) < 4.78 is 5.54. The summed E-state index contributed by atoms with van der Waals surface area (Å²) in [6.45, 7) is 3.29. The lowest BCUT2D eigenvalue weighted by molar-refractivity contribution is -0.138. The van der Waals surface area contributed by atoms with Gasteiger partial charge in [0.05, 0.1) is 11.1 Å². The van der Waals surface area contributed by atoms with Crippen molar-refractivity contribution in [2.24, 2.45) is 34.8 Å². The summed E-state index contributed by atoms with van der Waals surface area (Å²) in [6.07, 6.45) is 11.4. The van der Waals surface area contributed by atoms with Crippen molar-refractivity contribution >= 4 is 40.0 Å². The number of carbonyl (C=O) groups excluding carboxylic acids is 3. The topological polar surface area (TPSA) is 106 Å². The molecule has 3 aliphatic carbocycles. The molecule has 1 saturated heterocycles. The van der Waals surface area contributed by atoms with E-state index >= 15 is 0 Å². The number of Topliss-reactive ketones (excluding diaryl/α,β-unsaturated/α-hetero) is 2. The molecule has 1 unspecified atom stereocenters. The minimum atomic E-state index is -0.734. The highest BCUT2D eigenvalue weighted by Gasteiger charge is 2.52. The number of piperidine rings is 1. The molecule has 1 atom stereocenters. The first-order valence-corrected chi connectivity index (χ1v) is 15.8. The number of amides is 1. The van der Waals surface area contributed by atoms with Gasteiger partial charge in [0, 0.05) is 41.2 Å². The summed E-state index contributed by atoms with van der Waals surface area (Å²) in [5.41, 5.74) is 7.08. The van der Waals surface area contributed by atoms with Crippen molar-refractivity contribution < 1.29 is 18.9 Å². The zero-order chi connectivity index (χ0) is 27.9. The van der Waals surface area contributed by atoms with E-state index in [0.29, 0.717) is 48.5 Å². The molecule has 1 aliphatic heterocycles. The second kappa shape index (κ2) is 11.6. The molecule has 6 rings (SSSR count). The van der Waals surface area contributed by atoms with Gasteiger partial charge in [0.2, 0.25) is 5.91 Å². The minimum absolute atomic E-state index is 0.118. The Morgan fingerprint density at radius 2 is 1.65 bits per heavy atom. The van der Waals surface area contributed by atoms with Crippen LogP contribution in [0.25, 0.3) is 11.0 Å². The minimum Gasteiger partial charge on any atom is -0.369 e. The van der Waals surface area contributed by atoms with E-state index in [2.05, 4.69) is 10.1 Å². The zero-order valence-corrected chi connectivity index (χ0v) is 24.2. The summed E-state index contributed by atoms with van der Waals surface area (Å²) in [7, 11) is 0. The number of nitrogens with zero attached hydrogens (tertiary/aromatic N) is 2. The lowest BCUT2D eigenvalue weighted by atomic mass is 9.62. The van der Waals surface area contributed by atoms with Gasteiger partial charge in [0.15, 0.2) is 5.58 Å². The Morgan fingerprint density at radius 3 is 2.30 bits per heavy atom. The first-order valence-electron chi connectivity index (χ1n) is 15.5. The first kappa shape index (κ1) is 27.9. The van der Waals surface area contributed by atoms with Crippen LogP contribution in [0, 0.1) is 29.1 Å². The third kappa shape index (κ3) is 5.36. The van der Waals surface area contributed by atoms with Gasteiger partial charge in [-0.1, -0.05) is 29.6 Å². The van der Waals surface area contributed by atoms with Crippen LogP contribution < -0.4 is 5.73 Å². The highest BCUT2D eigenvalue weighted by atomic mass is 35.5. The van der Waals surface area contributed by atoms with E-state index in [9.17, 15) is 14.4 Å². The van der Waals surface area contributed by atoms with Crippen molar-refractivity contribution in [3.8, 4) is 0 Å². The van der Waals surface area contributed by atoms with Gasteiger partial charge in [-0.3, -0.25) is 14.4 Å². The molecule has 2 N–H and O–H groups in total. The average Bonchev–Trinajstić information content (AvgIpc) is 3.50. The molecule has 0 bridgehead atoms. The maximum atomic E-state index is 12.6. The third-order valence-corrected chi connectivity index (χ3v) is 11.3. The van der Waals surface area contributed by atoms with Crippen molar-refractivity contribution in [2.45, 2.75) is 89.4 Å². The van der Waals surface area contributed by atoms with Crippen LogP contribution in [-0.4, -0.2) is 47.2 Å². The van der Waals surface area contributed by atoms with Crippen LogP contribution in [-0.2, 0) is 14.4 Å². The Balaban J connectivity index is 0.952. The molecular formula is C32H42ClN3O4. The van der Waals surface area contributed by atoms with Crippen LogP contribution in [0.15, 0.2) is 22.7 Å². The molecule has 4 fully saturated rings. The summed E-state index contributed by atoms with van der Waals surface area (Å²) in [5, 5.41) is 6.14. The van der Waals surface area contributed by atoms with Crippen molar-refractivity contribution in [3.05, 3.63) is 28.9 Å². The average molecular weight is 568 g/mol. The number of carbonyl (C=O) groups is 3. The Bertz CT molecular complexity index is 1230. The van der Waals surface area contributed by atoms with Crippen LogP contribution in [0.3, 0.4) is 0 Å². The van der Waals surface area contributed by atoms with E-state index in [4.69, 9.17) is 21.9 Å². The standard InChI is InChI=1S/C32H42ClN3O4/c33-24-5-6-25-26(19-24)40-35-30(25)23-12-17-36(18-13-23)16-11-20-1-3-21(4-2-20)29(31(34)39)22-9-14-32(15-10-22)27(37)7-8-28(32)38/h5-6,19-23,29H,1-4,7-18H2,(H2,34,39). The number of likely N-dealkylation sites (tertiary alicyclic amines) is 1. The molecule has 7 nitrogen and oxygen atoms in total. The van der Waals surface area contributed by atoms with E-state index in [1.807, 2.05) is 18.2 Å². The van der Waals surface area contributed by atoms with E-state index in [-0.39, 0.29) is 29.3 Å². The van der Waals surface area contributed by atoms with Crippen molar-refractivity contribution in [3.63, 3.8) is 0 Å². The molecule has 1 aromatic heterocycles. The second-order valence-electron chi connectivity index (χ2n) is 13.1. The van der Waals surface area contributed by atoms with E-state index in [1.54, 1.807) is 0 Å². The van der Waals surface area contributed by atoms with Gasteiger partial charge < -0.3 is 15.2 Å². The number of ketones is 2. The normalized spacial score (nSPS) is 27.5. The van der Waals surface area contributed by atoms with Crippen molar-refractivity contribution in [1.29, 1.82) is 0 Å². The number of fused-ring (bicyclic) bond motifs is 1. The SMILES string of the molecule is NC(=O)C(C1CCC(CCN2CCC(c3noc4cc(Cl)ccc34)CC2)CC1)C1CCC2(CC1)C(=O)CCC2=O. The third-order valence-electron chi connectivity index (χ3n) is 11.1. The Morgan fingerprint density at radius 1 is 1.00 bits per heavy atom. The molecule has 216 valence electrons. The van der Waals surface area contributed by atoms with E-state index in [1.165, 1.54) is 6.42 Å². The van der Waals surface area contributed by atoms with E-state index in [0.717, 1.165) is 87.7 Å². The molecule has 2 heterocycles. The number of nitrogens with two attached hydrogens (primary N) is 1. The smallest absolute Gasteiger partial charge is 0.221 e. The highest BCUT2D eigenvalue weighted by Crippen LogP contribution is 2.50. The number of hydrogen-bond donors (Lipinski definition) is 1. The van der Waals surface area contributed by atoms with Gasteiger partial charge in [-0.05, 0) is 107 Å². The Labute approximate surface area is 241 Å². The number of hydrogen-bond acceptors (Lipinski definition) is 6. The van der Waals surface area contributed by atoms with Gasteiger partial charge in [-0.25, -0.2) is 0 Å². The fraction of sp³-hybridized carbons (Fsp3) is 0.688.